The van der Waals surface area contributed by atoms with E-state index >= 15 is 0 Å². The van der Waals surface area contributed by atoms with Gasteiger partial charge in [-0.15, -0.1) is 13.2 Å². The van der Waals surface area contributed by atoms with Crippen LogP contribution >= 0.6 is 0 Å². The number of cyclic esters (lactones) is 1. The molecule has 1 aliphatic heterocycles. The quantitative estimate of drug-likeness (QED) is 0.129. The summed E-state index contributed by atoms with van der Waals surface area (Å²) >= 11 is 0. The Morgan fingerprint density at radius 2 is 1.79 bits per heavy atom. The molecule has 4 rings (SSSR count). The summed E-state index contributed by atoms with van der Waals surface area (Å²) < 4.78 is 75.8. The van der Waals surface area contributed by atoms with Gasteiger partial charge in [-0.25, -0.2) is 13.2 Å². The van der Waals surface area contributed by atoms with Gasteiger partial charge in [-0.2, -0.15) is 4.31 Å². The maximum Gasteiger partial charge on any atom is 0.573 e. The molecule has 0 aliphatic carbocycles. The summed E-state index contributed by atoms with van der Waals surface area (Å²) in [4.78, 5) is 27.0. The molecule has 0 aromatic heterocycles. The number of oxime groups is 1. The normalized spacial score (nSPS) is 16.7. The first-order chi connectivity index (χ1) is 22.7. The van der Waals surface area contributed by atoms with E-state index in [1.807, 2.05) is 13.8 Å². The number of nitrogens with zero attached hydrogens (tertiary/aromatic N) is 3. The van der Waals surface area contributed by atoms with E-state index < -0.39 is 58.9 Å². The molecule has 16 heteroatoms. The Hall–Kier alpha value is -4.67. The standard InChI is InChI=1S/C32H35F3N4O8S/c1-21(2)18-38(48(44,45)26-13-11-23(12-14-26)17-36-43)19-28(40)27(15-22-7-4-3-5-8-22)37-30(41)29-20-39(31(42)46-29)24-9-6-10-25(16-24)47-32(33,34)35/h3-14,16-17,21,27-29,40,43H,15,18-20H2,1-2H3,(H,37,41)/b36-17+/t27-,28+,29-/m0/s1. The molecular formula is C32H35F3N4O8S. The Kier molecular flexibility index (Phi) is 11.7. The van der Waals surface area contributed by atoms with Crippen molar-refractivity contribution in [1.29, 1.82) is 0 Å². The van der Waals surface area contributed by atoms with Gasteiger partial charge in [0, 0.05) is 19.2 Å². The predicted molar refractivity (Wildman–Crippen MR) is 168 cm³/mol. The van der Waals surface area contributed by atoms with Crippen molar-refractivity contribution in [2.24, 2.45) is 11.1 Å². The average molecular weight is 693 g/mol. The summed E-state index contributed by atoms with van der Waals surface area (Å²) in [6.45, 7) is 2.91. The SMILES string of the molecule is CC(C)CN(C[C@@H](O)[C@H](Cc1ccccc1)NC(=O)[C@@H]1CN(c2cccc(OC(F)(F)F)c2)C(=O)O1)S(=O)(=O)c1ccc(/C=N/O)cc1. The zero-order valence-corrected chi connectivity index (χ0v) is 26.8. The molecule has 3 aromatic carbocycles. The molecule has 0 radical (unpaired) electrons. The number of halogens is 3. The molecule has 1 heterocycles. The first-order valence-corrected chi connectivity index (χ1v) is 16.2. The number of nitrogens with one attached hydrogen (secondary N) is 1. The van der Waals surface area contributed by atoms with Crippen molar-refractivity contribution >= 4 is 33.9 Å². The van der Waals surface area contributed by atoms with Gasteiger partial charge >= 0.3 is 12.5 Å². The van der Waals surface area contributed by atoms with Crippen LogP contribution in [0.1, 0.15) is 25.0 Å². The van der Waals surface area contributed by atoms with E-state index in [9.17, 15) is 36.3 Å². The van der Waals surface area contributed by atoms with Crippen LogP contribution in [0, 0.1) is 5.92 Å². The number of amides is 2. The second-order valence-electron chi connectivity index (χ2n) is 11.4. The Morgan fingerprint density at radius 1 is 1.10 bits per heavy atom. The number of hydrogen-bond donors (Lipinski definition) is 3. The summed E-state index contributed by atoms with van der Waals surface area (Å²) in [7, 11) is -4.14. The molecule has 0 spiro atoms. The molecule has 258 valence electrons. The van der Waals surface area contributed by atoms with Crippen molar-refractivity contribution in [3.05, 3.63) is 90.0 Å². The lowest BCUT2D eigenvalue weighted by molar-refractivity contribution is -0.274. The molecule has 0 saturated carbocycles. The lowest BCUT2D eigenvalue weighted by atomic mass is 10.0. The number of hydrogen-bond acceptors (Lipinski definition) is 9. The largest absolute Gasteiger partial charge is 0.573 e. The van der Waals surface area contributed by atoms with E-state index in [0.717, 1.165) is 27.6 Å². The summed E-state index contributed by atoms with van der Waals surface area (Å²) in [5.74, 6) is -1.51. The molecule has 12 nitrogen and oxygen atoms in total. The molecule has 1 aliphatic rings. The van der Waals surface area contributed by atoms with Gasteiger partial charge in [0.15, 0.2) is 6.10 Å². The van der Waals surface area contributed by atoms with Crippen molar-refractivity contribution in [1.82, 2.24) is 9.62 Å². The van der Waals surface area contributed by atoms with Crippen molar-refractivity contribution in [3.63, 3.8) is 0 Å². The smallest absolute Gasteiger partial charge is 0.434 e. The maximum absolute atomic E-state index is 13.7. The van der Waals surface area contributed by atoms with Crippen LogP contribution in [-0.4, -0.2) is 85.5 Å². The highest BCUT2D eigenvalue weighted by Gasteiger charge is 2.40. The fraction of sp³-hybridized carbons (Fsp3) is 0.344. The number of alkyl halides is 3. The van der Waals surface area contributed by atoms with Crippen LogP contribution in [0.4, 0.5) is 23.7 Å². The minimum Gasteiger partial charge on any atom is -0.434 e. The molecule has 3 atom stereocenters. The van der Waals surface area contributed by atoms with Crippen molar-refractivity contribution < 1.29 is 51.0 Å². The van der Waals surface area contributed by atoms with E-state index in [0.29, 0.717) is 11.1 Å². The van der Waals surface area contributed by atoms with Gasteiger partial charge in [0.25, 0.3) is 5.91 Å². The average Bonchev–Trinajstić information content (AvgIpc) is 3.42. The van der Waals surface area contributed by atoms with Crippen LogP contribution in [0.5, 0.6) is 5.75 Å². The van der Waals surface area contributed by atoms with E-state index in [1.54, 1.807) is 30.3 Å². The first kappa shape index (κ1) is 36.2. The Balaban J connectivity index is 1.54. The highest BCUT2D eigenvalue weighted by Crippen LogP contribution is 2.29. The zero-order valence-electron chi connectivity index (χ0n) is 25.9. The minimum absolute atomic E-state index is 0.00383. The fourth-order valence-corrected chi connectivity index (χ4v) is 6.66. The maximum atomic E-state index is 13.7. The molecule has 48 heavy (non-hydrogen) atoms. The lowest BCUT2D eigenvalue weighted by Crippen LogP contribution is -2.53. The highest BCUT2D eigenvalue weighted by atomic mass is 32.2. The molecule has 0 unspecified atom stereocenters. The van der Waals surface area contributed by atoms with Crippen LogP contribution in [0.25, 0.3) is 0 Å². The third kappa shape index (κ3) is 9.68. The van der Waals surface area contributed by atoms with E-state index in [4.69, 9.17) is 9.94 Å². The number of benzene rings is 3. The summed E-state index contributed by atoms with van der Waals surface area (Å²) in [6.07, 6.45) is -7.54. The molecule has 3 N–H and O–H groups in total. The van der Waals surface area contributed by atoms with Crippen LogP contribution in [-0.2, 0) is 26.0 Å². The molecule has 3 aromatic rings. The highest BCUT2D eigenvalue weighted by molar-refractivity contribution is 7.89. The van der Waals surface area contributed by atoms with Gasteiger partial charge in [-0.1, -0.05) is 67.5 Å². The Bertz CT molecular complexity index is 1690. The van der Waals surface area contributed by atoms with Crippen LogP contribution in [0.15, 0.2) is 88.9 Å². The number of anilines is 1. The van der Waals surface area contributed by atoms with Gasteiger partial charge in [0.2, 0.25) is 10.0 Å². The molecular weight excluding hydrogens is 657 g/mol. The van der Waals surface area contributed by atoms with Gasteiger partial charge in [0.05, 0.1) is 35.5 Å². The molecule has 2 amide bonds. The third-order valence-electron chi connectivity index (χ3n) is 7.24. The number of rotatable bonds is 14. The van der Waals surface area contributed by atoms with Crippen LogP contribution in [0.3, 0.4) is 0 Å². The number of ether oxygens (including phenoxy) is 2. The number of aliphatic hydroxyl groups excluding tert-OH is 1. The second-order valence-corrected chi connectivity index (χ2v) is 13.4. The van der Waals surface area contributed by atoms with Crippen molar-refractivity contribution in [2.45, 2.75) is 49.8 Å². The number of carbonyl (C=O) groups excluding carboxylic acids is 2. The van der Waals surface area contributed by atoms with Gasteiger partial charge in [-0.3, -0.25) is 9.69 Å². The summed E-state index contributed by atoms with van der Waals surface area (Å²) in [6, 6.07) is 18.0. The lowest BCUT2D eigenvalue weighted by Gasteiger charge is -2.31. The van der Waals surface area contributed by atoms with E-state index in [2.05, 4.69) is 15.2 Å². The molecule has 1 fully saturated rings. The van der Waals surface area contributed by atoms with Crippen molar-refractivity contribution in [3.8, 4) is 5.75 Å². The van der Waals surface area contributed by atoms with Gasteiger partial charge < -0.3 is 25.1 Å². The number of aliphatic hydroxyl groups is 1. The van der Waals surface area contributed by atoms with Gasteiger partial charge in [-0.05, 0) is 47.7 Å². The number of sulfonamides is 1. The summed E-state index contributed by atoms with van der Waals surface area (Å²) in [5, 5.41) is 25.9. The number of carbonyl (C=O) groups is 2. The minimum atomic E-state index is -4.95. The van der Waals surface area contributed by atoms with Gasteiger partial charge in [0.1, 0.15) is 5.75 Å². The monoisotopic (exact) mass is 692 g/mol. The molecule has 1 saturated heterocycles. The molecule has 0 bridgehead atoms. The Morgan fingerprint density at radius 3 is 2.42 bits per heavy atom. The summed E-state index contributed by atoms with van der Waals surface area (Å²) in [5.41, 5.74) is 1.18. The topological polar surface area (TPSA) is 158 Å². The van der Waals surface area contributed by atoms with E-state index in [-0.39, 0.29) is 36.0 Å². The Labute approximate surface area is 275 Å². The second kappa shape index (κ2) is 15.5. The van der Waals surface area contributed by atoms with Crippen molar-refractivity contribution in [2.75, 3.05) is 24.5 Å². The van der Waals surface area contributed by atoms with Crippen LogP contribution in [0.2, 0.25) is 0 Å². The van der Waals surface area contributed by atoms with E-state index in [1.165, 1.54) is 36.4 Å². The van der Waals surface area contributed by atoms with Crippen LogP contribution < -0.4 is 15.0 Å². The first-order valence-electron chi connectivity index (χ1n) is 14.8. The fourth-order valence-electron chi connectivity index (χ4n) is 5.04. The zero-order chi connectivity index (χ0) is 35.1. The third-order valence-corrected chi connectivity index (χ3v) is 9.09. The predicted octanol–water partition coefficient (Wildman–Crippen LogP) is 4.15.